The molecule has 0 fully saturated rings. The fourth-order valence-electron chi connectivity index (χ4n) is 1.32. The third-order valence-electron chi connectivity index (χ3n) is 2.26. The Bertz CT molecular complexity index is 627. The van der Waals surface area contributed by atoms with E-state index in [1.54, 1.807) is 4.68 Å². The van der Waals surface area contributed by atoms with E-state index in [9.17, 15) is 8.42 Å². The van der Waals surface area contributed by atoms with E-state index in [1.165, 1.54) is 11.8 Å². The largest absolute Gasteiger partial charge is 0.273 e. The highest BCUT2D eigenvalue weighted by molar-refractivity contribution is 8.00. The summed E-state index contributed by atoms with van der Waals surface area (Å²) in [6.07, 6.45) is 0. The first-order valence-electron chi connectivity index (χ1n) is 5.37. The van der Waals surface area contributed by atoms with Crippen LogP contribution in [0.25, 0.3) is 5.69 Å². The molecule has 0 aliphatic carbocycles. The predicted octanol–water partition coefficient (Wildman–Crippen LogP) is 0.731. The summed E-state index contributed by atoms with van der Waals surface area (Å²) >= 11 is 1.26. The number of nitrogens with zero attached hydrogens (tertiary/aromatic N) is 4. The Kier molecular flexibility index (Phi) is 4.51. The number of aromatic nitrogens is 4. The first-order chi connectivity index (χ1) is 9.12. The molecular weight excluding hydrogens is 288 g/mol. The van der Waals surface area contributed by atoms with Crippen molar-refractivity contribution >= 4 is 21.9 Å². The van der Waals surface area contributed by atoms with Crippen LogP contribution in [0.3, 0.4) is 0 Å². The van der Waals surface area contributed by atoms with Gasteiger partial charge in [-0.3, -0.25) is 4.18 Å². The van der Waals surface area contributed by atoms with Crippen molar-refractivity contribution in [3.8, 4) is 5.69 Å². The lowest BCUT2D eigenvalue weighted by atomic mass is 10.3. The minimum atomic E-state index is -3.45. The number of tetrazole rings is 1. The number of benzene rings is 1. The zero-order valence-corrected chi connectivity index (χ0v) is 11.8. The quantitative estimate of drug-likeness (QED) is 0.574. The molecule has 7 nitrogen and oxygen atoms in total. The van der Waals surface area contributed by atoms with Crippen molar-refractivity contribution in [1.29, 1.82) is 0 Å². The maximum Gasteiger partial charge on any atom is 0.267 e. The third kappa shape index (κ3) is 3.75. The Labute approximate surface area is 115 Å². The standard InChI is InChI=1S/C10H12N4O3S2/c1-17-19(15,16)8-7-18-10-11-12-13-14(10)9-5-3-2-4-6-9/h2-6H,7-8H2,1H3. The van der Waals surface area contributed by atoms with Crippen LogP contribution >= 0.6 is 11.8 Å². The van der Waals surface area contributed by atoms with E-state index in [-0.39, 0.29) is 5.75 Å². The van der Waals surface area contributed by atoms with Crippen molar-refractivity contribution in [3.63, 3.8) is 0 Å². The van der Waals surface area contributed by atoms with Gasteiger partial charge in [-0.2, -0.15) is 13.1 Å². The highest BCUT2D eigenvalue weighted by Gasteiger charge is 2.12. The van der Waals surface area contributed by atoms with Gasteiger partial charge < -0.3 is 0 Å². The van der Waals surface area contributed by atoms with Crippen LogP contribution in [0.5, 0.6) is 0 Å². The number of thioether (sulfide) groups is 1. The Hall–Kier alpha value is -1.45. The molecule has 2 rings (SSSR count). The average molecular weight is 300 g/mol. The van der Waals surface area contributed by atoms with Gasteiger partial charge in [-0.15, -0.1) is 5.10 Å². The minimum absolute atomic E-state index is 0.0875. The molecule has 19 heavy (non-hydrogen) atoms. The molecule has 0 aliphatic heterocycles. The van der Waals surface area contributed by atoms with E-state index < -0.39 is 10.1 Å². The molecule has 1 heterocycles. The minimum Gasteiger partial charge on any atom is -0.273 e. The van der Waals surface area contributed by atoms with Crippen molar-refractivity contribution in [1.82, 2.24) is 20.2 Å². The van der Waals surface area contributed by atoms with E-state index in [0.29, 0.717) is 10.9 Å². The van der Waals surface area contributed by atoms with Crippen molar-refractivity contribution < 1.29 is 12.6 Å². The molecule has 0 saturated carbocycles. The van der Waals surface area contributed by atoms with Gasteiger partial charge >= 0.3 is 0 Å². The molecule has 0 radical (unpaired) electrons. The van der Waals surface area contributed by atoms with Crippen LogP contribution in [-0.4, -0.2) is 47.2 Å². The molecule has 0 N–H and O–H groups in total. The number of rotatable bonds is 6. The zero-order valence-electron chi connectivity index (χ0n) is 10.1. The SMILES string of the molecule is COS(=O)(=O)CCSc1nnnn1-c1ccccc1. The van der Waals surface area contributed by atoms with E-state index in [2.05, 4.69) is 19.7 Å². The van der Waals surface area contributed by atoms with Gasteiger partial charge in [0, 0.05) is 5.75 Å². The molecule has 0 bridgehead atoms. The number of para-hydroxylation sites is 1. The maximum atomic E-state index is 11.2. The topological polar surface area (TPSA) is 87.0 Å². The summed E-state index contributed by atoms with van der Waals surface area (Å²) in [6.45, 7) is 0. The average Bonchev–Trinajstić information content (AvgIpc) is 2.88. The lowest BCUT2D eigenvalue weighted by Gasteiger charge is -2.03. The van der Waals surface area contributed by atoms with Crippen LogP contribution in [-0.2, 0) is 14.3 Å². The Morgan fingerprint density at radius 2 is 2.05 bits per heavy atom. The summed E-state index contributed by atoms with van der Waals surface area (Å²) < 4.78 is 28.3. The number of hydrogen-bond acceptors (Lipinski definition) is 7. The zero-order chi connectivity index (χ0) is 13.7. The summed E-state index contributed by atoms with van der Waals surface area (Å²) in [6, 6.07) is 9.38. The van der Waals surface area contributed by atoms with Crippen molar-refractivity contribution in [3.05, 3.63) is 30.3 Å². The Balaban J connectivity index is 2.05. The summed E-state index contributed by atoms with van der Waals surface area (Å²) in [4.78, 5) is 0. The second-order valence-corrected chi connectivity index (χ2v) is 6.40. The third-order valence-corrected chi connectivity index (χ3v) is 4.65. The normalized spacial score (nSPS) is 11.6. The van der Waals surface area contributed by atoms with E-state index in [4.69, 9.17) is 0 Å². The van der Waals surface area contributed by atoms with Gasteiger partial charge in [0.1, 0.15) is 0 Å². The van der Waals surface area contributed by atoms with Gasteiger partial charge in [0.15, 0.2) is 0 Å². The van der Waals surface area contributed by atoms with E-state index in [0.717, 1.165) is 12.8 Å². The van der Waals surface area contributed by atoms with Gasteiger partial charge in [0.25, 0.3) is 10.1 Å². The van der Waals surface area contributed by atoms with Gasteiger partial charge in [-0.05, 0) is 22.6 Å². The molecule has 0 saturated heterocycles. The Morgan fingerprint density at radius 3 is 2.74 bits per heavy atom. The monoisotopic (exact) mass is 300 g/mol. The second kappa shape index (κ2) is 6.13. The molecule has 2 aromatic rings. The Morgan fingerprint density at radius 1 is 1.32 bits per heavy atom. The molecule has 1 aromatic carbocycles. The van der Waals surface area contributed by atoms with E-state index in [1.807, 2.05) is 30.3 Å². The molecule has 9 heteroatoms. The summed E-state index contributed by atoms with van der Waals surface area (Å²) in [5, 5.41) is 11.9. The summed E-state index contributed by atoms with van der Waals surface area (Å²) in [5.74, 6) is 0.235. The fraction of sp³-hybridized carbons (Fsp3) is 0.300. The summed E-state index contributed by atoms with van der Waals surface area (Å²) in [5.41, 5.74) is 0.824. The lowest BCUT2D eigenvalue weighted by molar-refractivity contribution is 0.399. The first-order valence-corrected chi connectivity index (χ1v) is 7.93. The molecule has 0 spiro atoms. The maximum absolute atomic E-state index is 11.2. The van der Waals surface area contributed by atoms with Crippen LogP contribution in [0.4, 0.5) is 0 Å². The molecule has 0 aliphatic rings. The molecular formula is C10H12N4O3S2. The first kappa shape index (κ1) is 14.0. The molecule has 0 amide bonds. The molecule has 0 atom stereocenters. The molecule has 102 valence electrons. The predicted molar refractivity (Wildman–Crippen MR) is 70.7 cm³/mol. The van der Waals surface area contributed by atoms with Gasteiger partial charge in [-0.25, -0.2) is 0 Å². The summed E-state index contributed by atoms with van der Waals surface area (Å²) in [7, 11) is -2.30. The van der Waals surface area contributed by atoms with Gasteiger partial charge in [0.2, 0.25) is 5.16 Å². The van der Waals surface area contributed by atoms with Crippen LogP contribution in [0.2, 0.25) is 0 Å². The lowest BCUT2D eigenvalue weighted by Crippen LogP contribution is -2.10. The van der Waals surface area contributed by atoms with Crippen molar-refractivity contribution in [2.75, 3.05) is 18.6 Å². The smallest absolute Gasteiger partial charge is 0.267 e. The van der Waals surface area contributed by atoms with E-state index >= 15 is 0 Å². The highest BCUT2D eigenvalue weighted by atomic mass is 32.2. The van der Waals surface area contributed by atoms with Crippen molar-refractivity contribution in [2.24, 2.45) is 0 Å². The second-order valence-electron chi connectivity index (χ2n) is 3.49. The number of hydrogen-bond donors (Lipinski definition) is 0. The fourth-order valence-corrected chi connectivity index (χ4v) is 3.18. The van der Waals surface area contributed by atoms with Crippen LogP contribution in [0.15, 0.2) is 35.5 Å². The van der Waals surface area contributed by atoms with Crippen LogP contribution in [0, 0.1) is 0 Å². The highest BCUT2D eigenvalue weighted by Crippen LogP contribution is 2.18. The molecule has 1 aromatic heterocycles. The molecule has 0 unspecified atom stereocenters. The van der Waals surface area contributed by atoms with Crippen LogP contribution in [0.1, 0.15) is 0 Å². The van der Waals surface area contributed by atoms with Gasteiger partial charge in [0.05, 0.1) is 18.6 Å². The van der Waals surface area contributed by atoms with Gasteiger partial charge in [-0.1, -0.05) is 30.0 Å². The van der Waals surface area contributed by atoms with Crippen LogP contribution < -0.4 is 0 Å². The van der Waals surface area contributed by atoms with Crippen molar-refractivity contribution in [2.45, 2.75) is 5.16 Å².